The Kier molecular flexibility index (Phi) is 5.04. The molecule has 2 heterocycles. The summed E-state index contributed by atoms with van der Waals surface area (Å²) in [7, 11) is 0. The Labute approximate surface area is 143 Å². The molecule has 1 aromatic carbocycles. The largest absolute Gasteiger partial charge is 0.324 e. The van der Waals surface area contributed by atoms with Crippen LogP contribution in [0.1, 0.15) is 25.8 Å². The minimum absolute atomic E-state index is 0.0337. The summed E-state index contributed by atoms with van der Waals surface area (Å²) in [6, 6.07) is 7.26. The number of nitrogens with one attached hydrogen (secondary N) is 2. The number of carbonyl (C=O) groups excluding carboxylic acids is 2. The Morgan fingerprint density at radius 2 is 2.00 bits per heavy atom. The summed E-state index contributed by atoms with van der Waals surface area (Å²) in [6.45, 7) is 7.54. The lowest BCUT2D eigenvalue weighted by atomic mass is 9.97. The van der Waals surface area contributed by atoms with Crippen molar-refractivity contribution in [1.82, 2.24) is 15.1 Å². The molecule has 2 N–H and O–H groups in total. The molecule has 2 atom stereocenters. The van der Waals surface area contributed by atoms with E-state index >= 15 is 0 Å². The molecule has 6 nitrogen and oxygen atoms in total. The first kappa shape index (κ1) is 16.8. The lowest BCUT2D eigenvalue weighted by Crippen LogP contribution is -2.56. The van der Waals surface area contributed by atoms with E-state index in [1.54, 1.807) is 4.90 Å². The van der Waals surface area contributed by atoms with E-state index in [9.17, 15) is 9.59 Å². The van der Waals surface area contributed by atoms with Gasteiger partial charge in [0.25, 0.3) is 0 Å². The normalized spacial score (nSPS) is 22.4. The average molecular weight is 330 g/mol. The van der Waals surface area contributed by atoms with Crippen molar-refractivity contribution in [3.05, 3.63) is 29.8 Å². The first-order valence-electron chi connectivity index (χ1n) is 8.77. The van der Waals surface area contributed by atoms with Crippen LogP contribution in [0.2, 0.25) is 0 Å². The van der Waals surface area contributed by atoms with Gasteiger partial charge in [-0.3, -0.25) is 4.79 Å². The molecule has 0 spiro atoms. The molecule has 2 unspecified atom stereocenters. The summed E-state index contributed by atoms with van der Waals surface area (Å²) >= 11 is 0. The van der Waals surface area contributed by atoms with Gasteiger partial charge in [-0.1, -0.05) is 38.5 Å². The minimum Gasteiger partial charge on any atom is -0.324 e. The molecule has 6 heteroatoms. The van der Waals surface area contributed by atoms with Gasteiger partial charge in [0.2, 0.25) is 5.91 Å². The molecule has 0 saturated carbocycles. The third-order valence-electron chi connectivity index (χ3n) is 5.04. The summed E-state index contributed by atoms with van der Waals surface area (Å²) in [5, 5.41) is 6.27. The SMILES string of the molecule is CCC(C)C1C(=O)Nc2ccccc2CN1C(=O)N1CCNCC1. The van der Waals surface area contributed by atoms with Crippen molar-refractivity contribution >= 4 is 17.6 Å². The number of benzene rings is 1. The number of hydrogen-bond acceptors (Lipinski definition) is 3. The van der Waals surface area contributed by atoms with Crippen LogP contribution >= 0.6 is 0 Å². The van der Waals surface area contributed by atoms with Crippen LogP contribution in [0.15, 0.2) is 24.3 Å². The van der Waals surface area contributed by atoms with Crippen molar-refractivity contribution in [2.24, 2.45) is 5.92 Å². The van der Waals surface area contributed by atoms with Crippen molar-refractivity contribution in [2.45, 2.75) is 32.9 Å². The van der Waals surface area contributed by atoms with Crippen molar-refractivity contribution in [3.63, 3.8) is 0 Å². The second kappa shape index (κ2) is 7.21. The second-order valence-electron chi connectivity index (χ2n) is 6.62. The third kappa shape index (κ3) is 3.24. The van der Waals surface area contributed by atoms with Gasteiger partial charge in [0, 0.05) is 31.9 Å². The monoisotopic (exact) mass is 330 g/mol. The van der Waals surface area contributed by atoms with Crippen LogP contribution in [0.4, 0.5) is 10.5 Å². The van der Waals surface area contributed by atoms with Crippen LogP contribution in [0.25, 0.3) is 0 Å². The molecule has 2 aliphatic heterocycles. The fraction of sp³-hybridized carbons (Fsp3) is 0.556. The number of anilines is 1. The molecule has 0 aliphatic carbocycles. The first-order valence-corrected chi connectivity index (χ1v) is 8.77. The van der Waals surface area contributed by atoms with Gasteiger partial charge < -0.3 is 20.4 Å². The van der Waals surface area contributed by atoms with Crippen LogP contribution in [0.3, 0.4) is 0 Å². The molecule has 1 aromatic rings. The van der Waals surface area contributed by atoms with Crippen LogP contribution in [-0.2, 0) is 11.3 Å². The molecule has 2 aliphatic rings. The molecular formula is C18H26N4O2. The zero-order valence-electron chi connectivity index (χ0n) is 14.4. The molecule has 3 amide bonds. The van der Waals surface area contributed by atoms with Gasteiger partial charge in [0.05, 0.1) is 6.54 Å². The van der Waals surface area contributed by atoms with Crippen LogP contribution in [-0.4, -0.2) is 54.0 Å². The van der Waals surface area contributed by atoms with Crippen molar-refractivity contribution in [2.75, 3.05) is 31.5 Å². The Balaban J connectivity index is 1.94. The average Bonchev–Trinajstić information content (AvgIpc) is 2.77. The number of para-hydroxylation sites is 1. The fourth-order valence-corrected chi connectivity index (χ4v) is 3.42. The quantitative estimate of drug-likeness (QED) is 0.870. The zero-order valence-corrected chi connectivity index (χ0v) is 14.4. The van der Waals surface area contributed by atoms with E-state index in [2.05, 4.69) is 17.6 Å². The minimum atomic E-state index is -0.440. The van der Waals surface area contributed by atoms with Gasteiger partial charge >= 0.3 is 6.03 Å². The molecule has 0 aromatic heterocycles. The number of hydrogen-bond donors (Lipinski definition) is 2. The standard InChI is InChI=1S/C18H26N4O2/c1-3-13(2)16-17(23)20-15-7-5-4-6-14(15)12-22(16)18(24)21-10-8-19-9-11-21/h4-7,13,16,19H,3,8-12H2,1-2H3,(H,20,23). The second-order valence-corrected chi connectivity index (χ2v) is 6.62. The van der Waals surface area contributed by atoms with Gasteiger partial charge in [0.1, 0.15) is 6.04 Å². The molecule has 0 radical (unpaired) electrons. The Morgan fingerprint density at radius 3 is 2.71 bits per heavy atom. The Morgan fingerprint density at radius 1 is 1.29 bits per heavy atom. The maximum absolute atomic E-state index is 13.1. The predicted molar refractivity (Wildman–Crippen MR) is 93.7 cm³/mol. The van der Waals surface area contributed by atoms with E-state index in [4.69, 9.17) is 0 Å². The summed E-state index contributed by atoms with van der Waals surface area (Å²) in [4.78, 5) is 29.6. The molecule has 0 bridgehead atoms. The highest BCUT2D eigenvalue weighted by Crippen LogP contribution is 2.28. The predicted octanol–water partition coefficient (Wildman–Crippen LogP) is 1.88. The number of nitrogens with zero attached hydrogens (tertiary/aromatic N) is 2. The topological polar surface area (TPSA) is 64.7 Å². The fourth-order valence-electron chi connectivity index (χ4n) is 3.42. The molecule has 3 rings (SSSR count). The Hall–Kier alpha value is -2.08. The van der Waals surface area contributed by atoms with E-state index in [0.29, 0.717) is 19.6 Å². The number of urea groups is 1. The van der Waals surface area contributed by atoms with Crippen molar-refractivity contribution in [1.29, 1.82) is 0 Å². The van der Waals surface area contributed by atoms with Crippen molar-refractivity contribution in [3.8, 4) is 0 Å². The highest BCUT2D eigenvalue weighted by atomic mass is 16.2. The van der Waals surface area contributed by atoms with Crippen LogP contribution in [0.5, 0.6) is 0 Å². The van der Waals surface area contributed by atoms with Crippen molar-refractivity contribution < 1.29 is 9.59 Å². The maximum atomic E-state index is 13.1. The highest BCUT2D eigenvalue weighted by Gasteiger charge is 2.38. The van der Waals surface area contributed by atoms with Gasteiger partial charge in [0.15, 0.2) is 0 Å². The summed E-state index contributed by atoms with van der Waals surface area (Å²) in [5.41, 5.74) is 1.80. The highest BCUT2D eigenvalue weighted by molar-refractivity contribution is 5.98. The summed E-state index contributed by atoms with van der Waals surface area (Å²) < 4.78 is 0. The number of piperazine rings is 1. The van der Waals surface area contributed by atoms with Gasteiger partial charge in [-0.2, -0.15) is 0 Å². The van der Waals surface area contributed by atoms with E-state index in [0.717, 1.165) is 30.8 Å². The number of fused-ring (bicyclic) bond motifs is 1. The molecule has 130 valence electrons. The Bertz CT molecular complexity index is 613. The maximum Gasteiger partial charge on any atom is 0.321 e. The smallest absolute Gasteiger partial charge is 0.321 e. The first-order chi connectivity index (χ1) is 11.6. The van der Waals surface area contributed by atoms with E-state index in [1.165, 1.54) is 0 Å². The summed E-state index contributed by atoms with van der Waals surface area (Å²) in [6.07, 6.45) is 0.847. The van der Waals surface area contributed by atoms with E-state index < -0.39 is 6.04 Å². The van der Waals surface area contributed by atoms with Crippen LogP contribution < -0.4 is 10.6 Å². The number of amides is 3. The summed E-state index contributed by atoms with van der Waals surface area (Å²) in [5.74, 6) is 0.0176. The number of rotatable bonds is 2. The van der Waals surface area contributed by atoms with Crippen LogP contribution in [0, 0.1) is 5.92 Å². The zero-order chi connectivity index (χ0) is 17.1. The molecule has 24 heavy (non-hydrogen) atoms. The third-order valence-corrected chi connectivity index (χ3v) is 5.04. The van der Waals surface area contributed by atoms with Gasteiger partial charge in [-0.05, 0) is 17.5 Å². The molecule has 1 saturated heterocycles. The lowest BCUT2D eigenvalue weighted by Gasteiger charge is -2.37. The van der Waals surface area contributed by atoms with Gasteiger partial charge in [-0.25, -0.2) is 4.79 Å². The molecule has 1 fully saturated rings. The lowest BCUT2D eigenvalue weighted by molar-refractivity contribution is -0.122. The molecular weight excluding hydrogens is 304 g/mol. The van der Waals surface area contributed by atoms with E-state index in [1.807, 2.05) is 36.1 Å². The van der Waals surface area contributed by atoms with E-state index in [-0.39, 0.29) is 17.9 Å². The van der Waals surface area contributed by atoms with Gasteiger partial charge in [-0.15, -0.1) is 0 Å². The number of carbonyl (C=O) groups is 2.